The van der Waals surface area contributed by atoms with Crippen molar-refractivity contribution < 1.29 is 18.0 Å². The molecule has 8 nitrogen and oxygen atoms in total. The minimum atomic E-state index is -3.45. The molecule has 0 aliphatic carbocycles. The van der Waals surface area contributed by atoms with E-state index in [1.807, 2.05) is 24.3 Å². The zero-order valence-electron chi connectivity index (χ0n) is 14.2. The van der Waals surface area contributed by atoms with Crippen molar-refractivity contribution in [2.75, 3.05) is 30.0 Å². The molecule has 0 aromatic heterocycles. The third-order valence-electron chi connectivity index (χ3n) is 4.67. The number of sulfonamides is 1. The number of anilines is 2. The fourth-order valence-corrected chi connectivity index (χ4v) is 4.11. The minimum Gasteiger partial charge on any atom is -0.369 e. The molecule has 2 aliphatic heterocycles. The van der Waals surface area contributed by atoms with Crippen LogP contribution in [0.15, 0.2) is 24.3 Å². The van der Waals surface area contributed by atoms with Gasteiger partial charge in [-0.1, -0.05) is 12.1 Å². The molecule has 0 saturated carbocycles. The lowest BCUT2D eigenvalue weighted by Gasteiger charge is -2.44. The van der Waals surface area contributed by atoms with Crippen molar-refractivity contribution >= 4 is 33.2 Å². The Morgan fingerprint density at radius 2 is 1.84 bits per heavy atom. The quantitative estimate of drug-likeness (QED) is 0.715. The van der Waals surface area contributed by atoms with Gasteiger partial charge in [0.15, 0.2) is 0 Å². The van der Waals surface area contributed by atoms with E-state index >= 15 is 0 Å². The number of hydrogen-bond acceptors (Lipinski definition) is 5. The molecule has 0 radical (unpaired) electrons. The number of nitrogens with zero attached hydrogens (tertiary/aromatic N) is 1. The van der Waals surface area contributed by atoms with Gasteiger partial charge in [0.1, 0.15) is 5.54 Å². The number of carbonyl (C=O) groups excluding carboxylic acids is 2. The Morgan fingerprint density at radius 3 is 2.44 bits per heavy atom. The Labute approximate surface area is 147 Å². The van der Waals surface area contributed by atoms with Crippen molar-refractivity contribution in [2.45, 2.75) is 31.3 Å². The lowest BCUT2D eigenvalue weighted by molar-refractivity contribution is -0.135. The molecule has 2 heterocycles. The van der Waals surface area contributed by atoms with Gasteiger partial charge in [0.05, 0.1) is 23.7 Å². The first kappa shape index (κ1) is 17.7. The number of benzene rings is 1. The van der Waals surface area contributed by atoms with E-state index in [0.29, 0.717) is 25.9 Å². The van der Waals surface area contributed by atoms with E-state index in [1.54, 1.807) is 4.90 Å². The Hall–Kier alpha value is -2.13. The largest absolute Gasteiger partial charge is 0.369 e. The predicted molar refractivity (Wildman–Crippen MR) is 94.7 cm³/mol. The summed E-state index contributed by atoms with van der Waals surface area (Å²) in [6.45, 7) is 2.30. The van der Waals surface area contributed by atoms with Crippen LogP contribution in [0, 0.1) is 0 Å². The van der Waals surface area contributed by atoms with E-state index < -0.39 is 21.6 Å². The highest BCUT2D eigenvalue weighted by molar-refractivity contribution is 7.88. The normalized spacial score (nSPS) is 20.4. The van der Waals surface area contributed by atoms with Gasteiger partial charge in [-0.15, -0.1) is 0 Å². The van der Waals surface area contributed by atoms with E-state index in [0.717, 1.165) is 17.6 Å². The highest BCUT2D eigenvalue weighted by atomic mass is 32.2. The SMILES string of the molecule is C[C@@H](NS(C)(=O)=O)C(=O)N1CCC2(CC1)Nc1ccccc1NC2=O. The topological polar surface area (TPSA) is 108 Å². The number of para-hydroxylation sites is 2. The zero-order valence-corrected chi connectivity index (χ0v) is 15.0. The van der Waals surface area contributed by atoms with Crippen molar-refractivity contribution in [2.24, 2.45) is 0 Å². The first-order valence-corrected chi connectivity index (χ1v) is 10.0. The number of likely N-dealkylation sites (tertiary alicyclic amines) is 1. The number of carbonyl (C=O) groups is 2. The van der Waals surface area contributed by atoms with Crippen molar-refractivity contribution in [1.29, 1.82) is 0 Å². The number of hydrogen-bond donors (Lipinski definition) is 3. The third kappa shape index (κ3) is 3.62. The van der Waals surface area contributed by atoms with E-state index in [4.69, 9.17) is 0 Å². The fraction of sp³-hybridized carbons (Fsp3) is 0.500. The summed E-state index contributed by atoms with van der Waals surface area (Å²) in [7, 11) is -3.45. The van der Waals surface area contributed by atoms with Crippen molar-refractivity contribution in [3.8, 4) is 0 Å². The number of amides is 2. The smallest absolute Gasteiger partial charge is 0.250 e. The van der Waals surface area contributed by atoms with Gasteiger partial charge < -0.3 is 15.5 Å². The highest BCUT2D eigenvalue weighted by Crippen LogP contribution is 2.36. The molecule has 3 rings (SSSR count). The van der Waals surface area contributed by atoms with E-state index in [9.17, 15) is 18.0 Å². The summed E-state index contributed by atoms with van der Waals surface area (Å²) in [5.41, 5.74) is 0.884. The molecular weight excluding hydrogens is 344 g/mol. The van der Waals surface area contributed by atoms with Crippen LogP contribution >= 0.6 is 0 Å². The Morgan fingerprint density at radius 1 is 1.24 bits per heavy atom. The second-order valence-electron chi connectivity index (χ2n) is 6.64. The lowest BCUT2D eigenvalue weighted by atomic mass is 9.84. The number of fused-ring (bicyclic) bond motifs is 1. The van der Waals surface area contributed by atoms with Gasteiger partial charge in [0.2, 0.25) is 21.8 Å². The van der Waals surface area contributed by atoms with Crippen LogP contribution in [0.25, 0.3) is 0 Å². The standard InChI is InChI=1S/C16H22N4O4S/c1-11(19-25(2,23)24)14(21)20-9-7-16(8-10-20)15(22)17-12-5-3-4-6-13(12)18-16/h3-6,11,18-19H,7-10H2,1-2H3,(H,17,22)/t11-/m1/s1. The van der Waals surface area contributed by atoms with Crippen LogP contribution in [-0.2, 0) is 19.6 Å². The minimum absolute atomic E-state index is 0.0967. The van der Waals surface area contributed by atoms with Gasteiger partial charge in [-0.25, -0.2) is 13.1 Å². The second-order valence-corrected chi connectivity index (χ2v) is 8.42. The maximum absolute atomic E-state index is 12.6. The Kier molecular flexibility index (Phi) is 4.46. The molecule has 1 saturated heterocycles. The summed E-state index contributed by atoms with van der Waals surface area (Å²) in [6.07, 6.45) is 1.95. The monoisotopic (exact) mass is 366 g/mol. The molecule has 1 fully saturated rings. The molecule has 2 amide bonds. The average Bonchev–Trinajstić information content (AvgIpc) is 2.54. The van der Waals surface area contributed by atoms with Gasteiger partial charge in [0.25, 0.3) is 0 Å². The Bertz CT molecular complexity index is 800. The highest BCUT2D eigenvalue weighted by Gasteiger charge is 2.45. The third-order valence-corrected chi connectivity index (χ3v) is 5.46. The summed E-state index contributed by atoms with van der Waals surface area (Å²) < 4.78 is 24.9. The summed E-state index contributed by atoms with van der Waals surface area (Å²) in [5.74, 6) is -0.377. The molecule has 0 unspecified atom stereocenters. The molecule has 0 bridgehead atoms. The summed E-state index contributed by atoms with van der Waals surface area (Å²) in [6, 6.07) is 6.68. The molecule has 2 aliphatic rings. The zero-order chi connectivity index (χ0) is 18.2. The molecule has 136 valence electrons. The van der Waals surface area contributed by atoms with E-state index in [-0.39, 0.29) is 11.8 Å². The maximum Gasteiger partial charge on any atom is 0.250 e. The molecule has 1 spiro atoms. The Balaban J connectivity index is 1.67. The van der Waals surface area contributed by atoms with Crippen LogP contribution in [0.4, 0.5) is 11.4 Å². The van der Waals surface area contributed by atoms with Crippen molar-refractivity contribution in [3.63, 3.8) is 0 Å². The van der Waals surface area contributed by atoms with Crippen molar-refractivity contribution in [1.82, 2.24) is 9.62 Å². The first-order valence-electron chi connectivity index (χ1n) is 8.15. The van der Waals surface area contributed by atoms with Gasteiger partial charge in [-0.2, -0.15) is 0 Å². The van der Waals surface area contributed by atoms with E-state index in [2.05, 4.69) is 15.4 Å². The molecule has 9 heteroatoms. The predicted octanol–water partition coefficient (Wildman–Crippen LogP) is 0.350. The molecule has 1 atom stereocenters. The van der Waals surface area contributed by atoms with Crippen LogP contribution in [-0.4, -0.2) is 56.1 Å². The molecule has 3 N–H and O–H groups in total. The van der Waals surface area contributed by atoms with E-state index in [1.165, 1.54) is 6.92 Å². The lowest BCUT2D eigenvalue weighted by Crippen LogP contribution is -2.60. The van der Waals surface area contributed by atoms with Crippen LogP contribution in [0.3, 0.4) is 0 Å². The van der Waals surface area contributed by atoms with Gasteiger partial charge in [-0.3, -0.25) is 9.59 Å². The molecule has 1 aromatic rings. The summed E-state index contributed by atoms with van der Waals surface area (Å²) in [5, 5.41) is 6.25. The van der Waals surface area contributed by atoms with Crippen LogP contribution < -0.4 is 15.4 Å². The van der Waals surface area contributed by atoms with Gasteiger partial charge >= 0.3 is 0 Å². The average molecular weight is 366 g/mol. The second kappa shape index (κ2) is 6.30. The maximum atomic E-state index is 12.6. The van der Waals surface area contributed by atoms with Gasteiger partial charge in [0, 0.05) is 13.1 Å². The fourth-order valence-electron chi connectivity index (χ4n) is 3.36. The number of nitrogens with one attached hydrogen (secondary N) is 3. The molecule has 25 heavy (non-hydrogen) atoms. The van der Waals surface area contributed by atoms with Crippen LogP contribution in [0.5, 0.6) is 0 Å². The molecule has 1 aromatic carbocycles. The van der Waals surface area contributed by atoms with Crippen molar-refractivity contribution in [3.05, 3.63) is 24.3 Å². The number of piperidine rings is 1. The van der Waals surface area contributed by atoms with Crippen LogP contribution in [0.1, 0.15) is 19.8 Å². The number of rotatable bonds is 3. The first-order chi connectivity index (χ1) is 11.7. The van der Waals surface area contributed by atoms with Crippen LogP contribution in [0.2, 0.25) is 0 Å². The summed E-state index contributed by atoms with van der Waals surface area (Å²) >= 11 is 0. The summed E-state index contributed by atoms with van der Waals surface area (Å²) in [4.78, 5) is 26.6. The molecular formula is C16H22N4O4S. The van der Waals surface area contributed by atoms with Gasteiger partial charge in [-0.05, 0) is 31.9 Å².